The molecule has 0 fully saturated rings. The Kier molecular flexibility index (Phi) is 8.54. The van der Waals surface area contributed by atoms with E-state index in [-0.39, 0.29) is 5.56 Å². The molecule has 0 radical (unpaired) electrons. The number of unbranched alkanes of at least 4 members (excludes halogenated alkanes) is 1. The summed E-state index contributed by atoms with van der Waals surface area (Å²) in [7, 11) is -1.36. The lowest BCUT2D eigenvalue weighted by Gasteiger charge is -2.09. The van der Waals surface area contributed by atoms with Crippen molar-refractivity contribution in [2.24, 2.45) is 0 Å². The van der Waals surface area contributed by atoms with Gasteiger partial charge in [-0.1, -0.05) is 25.5 Å². The summed E-state index contributed by atoms with van der Waals surface area (Å²) in [5, 5.41) is 2.58. The quantitative estimate of drug-likeness (QED) is 0.497. The van der Waals surface area contributed by atoms with E-state index in [0.717, 1.165) is 12.8 Å². The maximum atomic E-state index is 12.2. The van der Waals surface area contributed by atoms with Gasteiger partial charge in [-0.3, -0.25) is 9.00 Å². The van der Waals surface area contributed by atoms with Gasteiger partial charge in [0.1, 0.15) is 0 Å². The fourth-order valence-electron chi connectivity index (χ4n) is 2.37. The third kappa shape index (κ3) is 6.83. The molecule has 1 atom stereocenters. The zero-order valence-corrected chi connectivity index (χ0v) is 17.1. The summed E-state index contributed by atoms with van der Waals surface area (Å²) in [6.45, 7) is 1.88. The third-order valence-electron chi connectivity index (χ3n) is 3.89. The maximum absolute atomic E-state index is 12.2. The summed E-state index contributed by atoms with van der Waals surface area (Å²) in [6.07, 6.45) is 3.20. The number of hydrogen-bond acceptors (Lipinski definition) is 6. The summed E-state index contributed by atoms with van der Waals surface area (Å²) in [6, 6.07) is 12.6. The highest BCUT2D eigenvalue weighted by Crippen LogP contribution is 2.14. The minimum atomic E-state index is -1.36. The summed E-state index contributed by atoms with van der Waals surface area (Å²) >= 11 is 0. The average Bonchev–Trinajstić information content (AvgIpc) is 2.72. The highest BCUT2D eigenvalue weighted by molar-refractivity contribution is 7.84. The fraction of sp³-hybridized carbons (Fsp3) is 0.286. The Balaban J connectivity index is 1.87. The highest BCUT2D eigenvalue weighted by atomic mass is 32.2. The Morgan fingerprint density at radius 2 is 1.66 bits per heavy atom. The molecule has 7 nitrogen and oxygen atoms in total. The summed E-state index contributed by atoms with van der Waals surface area (Å²) in [5.41, 5.74) is 0.994. The second-order valence-corrected chi connectivity index (χ2v) is 7.49. The second kappa shape index (κ2) is 11.1. The van der Waals surface area contributed by atoms with Gasteiger partial charge in [0.2, 0.25) is 0 Å². The van der Waals surface area contributed by atoms with Crippen LogP contribution in [-0.4, -0.2) is 41.5 Å². The molecule has 154 valence electrons. The topological polar surface area (TPSA) is 98.8 Å². The van der Waals surface area contributed by atoms with Gasteiger partial charge in [0, 0.05) is 11.9 Å². The van der Waals surface area contributed by atoms with Gasteiger partial charge in [-0.25, -0.2) is 9.59 Å². The number of esters is 2. The van der Waals surface area contributed by atoms with Crippen LogP contribution in [0.15, 0.2) is 53.4 Å². The van der Waals surface area contributed by atoms with Gasteiger partial charge in [-0.2, -0.15) is 0 Å². The molecule has 0 aliphatic rings. The smallest absolute Gasteiger partial charge is 0.339 e. The van der Waals surface area contributed by atoms with Crippen molar-refractivity contribution in [2.45, 2.75) is 24.7 Å². The first-order valence-corrected chi connectivity index (χ1v) is 10.6. The zero-order chi connectivity index (χ0) is 21.2. The molecule has 1 N–H and O–H groups in total. The predicted molar refractivity (Wildman–Crippen MR) is 109 cm³/mol. The van der Waals surface area contributed by atoms with E-state index in [0.29, 0.717) is 22.8 Å². The number of carbonyl (C=O) groups is 3. The summed E-state index contributed by atoms with van der Waals surface area (Å²) in [4.78, 5) is 36.4. The van der Waals surface area contributed by atoms with E-state index in [1.54, 1.807) is 42.5 Å². The molecule has 0 aliphatic carbocycles. The molecule has 0 saturated heterocycles. The molecule has 0 unspecified atom stereocenters. The van der Waals surface area contributed by atoms with Crippen molar-refractivity contribution in [3.05, 3.63) is 59.7 Å². The van der Waals surface area contributed by atoms with E-state index in [4.69, 9.17) is 9.47 Å². The van der Waals surface area contributed by atoms with Crippen molar-refractivity contribution in [3.63, 3.8) is 0 Å². The van der Waals surface area contributed by atoms with E-state index in [1.165, 1.54) is 12.3 Å². The van der Waals surface area contributed by atoms with Gasteiger partial charge in [0.05, 0.1) is 33.4 Å². The molecule has 0 saturated carbocycles. The number of ether oxygens (including phenoxy) is 2. The Morgan fingerprint density at radius 1 is 0.966 bits per heavy atom. The van der Waals surface area contributed by atoms with Gasteiger partial charge in [0.15, 0.2) is 6.61 Å². The molecule has 0 spiro atoms. The zero-order valence-electron chi connectivity index (χ0n) is 16.3. The van der Waals surface area contributed by atoms with Gasteiger partial charge in [-0.05, 0) is 42.8 Å². The van der Waals surface area contributed by atoms with Crippen LogP contribution < -0.4 is 5.32 Å². The predicted octanol–water partition coefficient (Wildman–Crippen LogP) is 3.18. The van der Waals surface area contributed by atoms with Gasteiger partial charge >= 0.3 is 11.9 Å². The lowest BCUT2D eigenvalue weighted by molar-refractivity contribution is -0.119. The number of anilines is 1. The van der Waals surface area contributed by atoms with Crippen LogP contribution in [-0.2, 0) is 25.1 Å². The van der Waals surface area contributed by atoms with E-state index < -0.39 is 35.3 Å². The number of nitrogens with one attached hydrogen (secondary N) is 1. The normalized spacial score (nSPS) is 11.4. The monoisotopic (exact) mass is 417 g/mol. The van der Waals surface area contributed by atoms with Crippen molar-refractivity contribution in [1.29, 1.82) is 0 Å². The maximum Gasteiger partial charge on any atom is 0.339 e. The lowest BCUT2D eigenvalue weighted by atomic mass is 10.2. The second-order valence-electron chi connectivity index (χ2n) is 6.14. The molecule has 0 bridgehead atoms. The summed E-state index contributed by atoms with van der Waals surface area (Å²) in [5.74, 6) is -1.68. The van der Waals surface area contributed by atoms with Crippen LogP contribution in [0.1, 0.15) is 40.5 Å². The molecule has 0 heterocycles. The van der Waals surface area contributed by atoms with Crippen molar-refractivity contribution >= 4 is 34.3 Å². The molecule has 2 rings (SSSR count). The minimum Gasteiger partial charge on any atom is -0.462 e. The number of rotatable bonds is 9. The van der Waals surface area contributed by atoms with E-state index in [2.05, 4.69) is 5.32 Å². The SMILES string of the molecule is CCCCOC(=O)c1ccc(NC(=O)COC(=O)c2ccccc2[S@@](C)=O)cc1. The molecule has 0 aromatic heterocycles. The number of amides is 1. The van der Waals surface area contributed by atoms with Crippen molar-refractivity contribution < 1.29 is 28.1 Å². The molecule has 8 heteroatoms. The number of benzene rings is 2. The van der Waals surface area contributed by atoms with Crippen molar-refractivity contribution in [1.82, 2.24) is 0 Å². The molecule has 2 aromatic rings. The van der Waals surface area contributed by atoms with Crippen LogP contribution in [0, 0.1) is 0 Å². The van der Waals surface area contributed by atoms with Gasteiger partial charge in [-0.15, -0.1) is 0 Å². The first kappa shape index (κ1) is 22.3. The summed E-state index contributed by atoms with van der Waals surface area (Å²) < 4.78 is 21.8. The average molecular weight is 417 g/mol. The number of carbonyl (C=O) groups excluding carboxylic acids is 3. The molecule has 0 aliphatic heterocycles. The fourth-order valence-corrected chi connectivity index (χ4v) is 3.11. The Bertz CT molecular complexity index is 894. The Labute approximate surface area is 171 Å². The van der Waals surface area contributed by atoms with E-state index in [1.807, 2.05) is 6.92 Å². The molecular weight excluding hydrogens is 394 g/mol. The third-order valence-corrected chi connectivity index (χ3v) is 4.86. The lowest BCUT2D eigenvalue weighted by Crippen LogP contribution is -2.21. The van der Waals surface area contributed by atoms with Crippen LogP contribution in [0.5, 0.6) is 0 Å². The minimum absolute atomic E-state index is 0.159. The first-order chi connectivity index (χ1) is 13.9. The van der Waals surface area contributed by atoms with Crippen LogP contribution in [0.2, 0.25) is 0 Å². The largest absolute Gasteiger partial charge is 0.462 e. The van der Waals surface area contributed by atoms with E-state index >= 15 is 0 Å². The highest BCUT2D eigenvalue weighted by Gasteiger charge is 2.16. The van der Waals surface area contributed by atoms with Gasteiger partial charge in [0.25, 0.3) is 5.91 Å². The van der Waals surface area contributed by atoms with Crippen LogP contribution in [0.3, 0.4) is 0 Å². The molecular formula is C21H23NO6S. The number of hydrogen-bond donors (Lipinski definition) is 1. The van der Waals surface area contributed by atoms with E-state index in [9.17, 15) is 18.6 Å². The van der Waals surface area contributed by atoms with Crippen LogP contribution >= 0.6 is 0 Å². The van der Waals surface area contributed by atoms with Crippen molar-refractivity contribution in [2.75, 3.05) is 24.8 Å². The van der Waals surface area contributed by atoms with Crippen molar-refractivity contribution in [3.8, 4) is 0 Å². The van der Waals surface area contributed by atoms with Crippen LogP contribution in [0.4, 0.5) is 5.69 Å². The Hall–Kier alpha value is -3.00. The standard InChI is InChI=1S/C21H23NO6S/c1-3-4-13-27-20(24)15-9-11-16(12-10-15)22-19(23)14-28-21(25)17-7-5-6-8-18(17)29(2)26/h5-12H,3-4,13-14H2,1-2H3,(H,22,23)/t29-/m1/s1. The van der Waals surface area contributed by atoms with Crippen LogP contribution in [0.25, 0.3) is 0 Å². The molecule has 2 aromatic carbocycles. The Morgan fingerprint density at radius 3 is 2.31 bits per heavy atom. The van der Waals surface area contributed by atoms with Gasteiger partial charge < -0.3 is 14.8 Å². The molecule has 1 amide bonds. The first-order valence-electron chi connectivity index (χ1n) is 9.09. The molecule has 29 heavy (non-hydrogen) atoms.